The average Bonchev–Trinajstić information content (AvgIpc) is 2.08. The van der Waals surface area contributed by atoms with E-state index in [9.17, 15) is 9.90 Å². The predicted molar refractivity (Wildman–Crippen MR) is 64.1 cm³/mol. The second-order valence-electron chi connectivity index (χ2n) is 3.64. The summed E-state index contributed by atoms with van der Waals surface area (Å²) in [6.45, 7) is 2.82. The number of aliphatic hydroxyl groups is 1. The molecular formula is C10H11BrClNO2. The maximum Gasteiger partial charge on any atom is 0.255 e. The summed E-state index contributed by atoms with van der Waals surface area (Å²) < 4.78 is 0.828. The van der Waals surface area contributed by atoms with Crippen molar-refractivity contribution in [2.24, 2.45) is 0 Å². The smallest absolute Gasteiger partial charge is 0.255 e. The molecular weight excluding hydrogens is 281 g/mol. The first-order valence-electron chi connectivity index (χ1n) is 4.29. The molecule has 0 aliphatic carbocycles. The molecule has 0 bridgehead atoms. The van der Waals surface area contributed by atoms with Crippen LogP contribution >= 0.6 is 27.5 Å². The van der Waals surface area contributed by atoms with Gasteiger partial charge in [0.1, 0.15) is 5.60 Å². The van der Waals surface area contributed by atoms with Crippen molar-refractivity contribution in [3.05, 3.63) is 27.7 Å². The maximum atomic E-state index is 11.4. The molecule has 0 atom stereocenters. The number of rotatable bonds is 2. The molecule has 0 aliphatic heterocycles. The molecule has 15 heavy (non-hydrogen) atoms. The number of hydrogen-bond donors (Lipinski definition) is 2. The summed E-state index contributed by atoms with van der Waals surface area (Å²) >= 11 is 9.15. The monoisotopic (exact) mass is 291 g/mol. The van der Waals surface area contributed by atoms with Gasteiger partial charge in [0.2, 0.25) is 0 Å². The van der Waals surface area contributed by atoms with Gasteiger partial charge in [0, 0.05) is 4.47 Å². The van der Waals surface area contributed by atoms with Crippen molar-refractivity contribution in [3.63, 3.8) is 0 Å². The van der Waals surface area contributed by atoms with E-state index in [1.807, 2.05) is 0 Å². The number of carbonyl (C=O) groups is 1. The van der Waals surface area contributed by atoms with Gasteiger partial charge in [-0.15, -0.1) is 0 Å². The van der Waals surface area contributed by atoms with Crippen LogP contribution < -0.4 is 5.32 Å². The molecule has 2 N–H and O–H groups in total. The standard InChI is InChI=1S/C10H11BrClNO2/c1-10(2,15)9(14)13-8-4-3-6(11)5-7(8)12/h3-5,15H,1-2H3,(H,13,14). The molecule has 1 rings (SSSR count). The minimum atomic E-state index is -1.42. The molecule has 3 nitrogen and oxygen atoms in total. The van der Waals surface area contributed by atoms with Crippen molar-refractivity contribution >= 4 is 39.1 Å². The van der Waals surface area contributed by atoms with Crippen molar-refractivity contribution in [1.82, 2.24) is 0 Å². The number of nitrogens with one attached hydrogen (secondary N) is 1. The lowest BCUT2D eigenvalue weighted by Gasteiger charge is -2.17. The highest BCUT2D eigenvalue weighted by molar-refractivity contribution is 9.10. The van der Waals surface area contributed by atoms with Crippen molar-refractivity contribution < 1.29 is 9.90 Å². The van der Waals surface area contributed by atoms with E-state index in [1.54, 1.807) is 18.2 Å². The van der Waals surface area contributed by atoms with E-state index in [0.29, 0.717) is 10.7 Å². The second-order valence-corrected chi connectivity index (χ2v) is 4.96. The lowest BCUT2D eigenvalue weighted by molar-refractivity contribution is -0.130. The number of carbonyl (C=O) groups excluding carboxylic acids is 1. The molecule has 0 unspecified atom stereocenters. The zero-order chi connectivity index (χ0) is 11.6. The quantitative estimate of drug-likeness (QED) is 0.880. The van der Waals surface area contributed by atoms with Crippen LogP contribution in [0.15, 0.2) is 22.7 Å². The van der Waals surface area contributed by atoms with Gasteiger partial charge in [0.15, 0.2) is 0 Å². The molecule has 0 aliphatic rings. The first-order chi connectivity index (χ1) is 6.80. The van der Waals surface area contributed by atoms with Crippen LogP contribution in [0.2, 0.25) is 5.02 Å². The van der Waals surface area contributed by atoms with Crippen molar-refractivity contribution in [2.45, 2.75) is 19.4 Å². The molecule has 0 spiro atoms. The minimum absolute atomic E-state index is 0.418. The summed E-state index contributed by atoms with van der Waals surface area (Å²) in [5.41, 5.74) is -0.942. The fourth-order valence-corrected chi connectivity index (χ4v) is 1.59. The van der Waals surface area contributed by atoms with Crippen LogP contribution in [0.25, 0.3) is 0 Å². The molecule has 5 heteroatoms. The van der Waals surface area contributed by atoms with Gasteiger partial charge in [-0.05, 0) is 32.0 Å². The Bertz CT molecular complexity index is 387. The summed E-state index contributed by atoms with van der Waals surface area (Å²) in [6.07, 6.45) is 0. The number of anilines is 1. The zero-order valence-corrected chi connectivity index (χ0v) is 10.7. The Kier molecular flexibility index (Phi) is 3.76. The van der Waals surface area contributed by atoms with Gasteiger partial charge in [0.25, 0.3) is 5.91 Å². The Morgan fingerprint density at radius 3 is 2.60 bits per heavy atom. The summed E-state index contributed by atoms with van der Waals surface area (Å²) in [6, 6.07) is 5.09. The first kappa shape index (κ1) is 12.5. The van der Waals surface area contributed by atoms with Gasteiger partial charge in [-0.25, -0.2) is 0 Å². The van der Waals surface area contributed by atoms with Crippen molar-refractivity contribution in [1.29, 1.82) is 0 Å². The normalized spacial score (nSPS) is 11.3. The van der Waals surface area contributed by atoms with E-state index < -0.39 is 11.5 Å². The van der Waals surface area contributed by atoms with Crippen molar-refractivity contribution in [3.8, 4) is 0 Å². The van der Waals surface area contributed by atoms with Gasteiger partial charge in [0.05, 0.1) is 10.7 Å². The molecule has 0 saturated heterocycles. The Balaban J connectivity index is 2.87. The Morgan fingerprint density at radius 1 is 1.53 bits per heavy atom. The molecule has 1 aromatic rings. The first-order valence-corrected chi connectivity index (χ1v) is 5.46. The maximum absolute atomic E-state index is 11.4. The zero-order valence-electron chi connectivity index (χ0n) is 8.34. The minimum Gasteiger partial charge on any atom is -0.381 e. The fraction of sp³-hybridized carbons (Fsp3) is 0.300. The van der Waals surface area contributed by atoms with Crippen molar-refractivity contribution in [2.75, 3.05) is 5.32 Å². The Labute approximate surface area is 102 Å². The second kappa shape index (κ2) is 4.51. The van der Waals surface area contributed by atoms with E-state index >= 15 is 0 Å². The Hall–Kier alpha value is -0.580. The van der Waals surface area contributed by atoms with Crippen LogP contribution in [-0.4, -0.2) is 16.6 Å². The number of amides is 1. The van der Waals surface area contributed by atoms with E-state index in [-0.39, 0.29) is 0 Å². The highest BCUT2D eigenvalue weighted by Gasteiger charge is 2.24. The largest absolute Gasteiger partial charge is 0.381 e. The van der Waals surface area contributed by atoms with Gasteiger partial charge in [-0.1, -0.05) is 27.5 Å². The van der Waals surface area contributed by atoms with E-state index in [2.05, 4.69) is 21.2 Å². The van der Waals surface area contributed by atoms with Gasteiger partial charge < -0.3 is 10.4 Å². The van der Waals surface area contributed by atoms with Gasteiger partial charge in [-0.3, -0.25) is 4.79 Å². The molecule has 0 aromatic heterocycles. The summed E-state index contributed by atoms with van der Waals surface area (Å²) in [4.78, 5) is 11.4. The predicted octanol–water partition coefficient (Wildman–Crippen LogP) is 2.81. The van der Waals surface area contributed by atoms with E-state index in [4.69, 9.17) is 11.6 Å². The molecule has 82 valence electrons. The molecule has 0 fully saturated rings. The molecule has 0 saturated carbocycles. The summed E-state index contributed by atoms with van der Waals surface area (Å²) in [5.74, 6) is -0.494. The fourth-order valence-electron chi connectivity index (χ4n) is 0.866. The van der Waals surface area contributed by atoms with Crippen LogP contribution in [0.1, 0.15) is 13.8 Å². The van der Waals surface area contributed by atoms with Gasteiger partial charge in [-0.2, -0.15) is 0 Å². The third-order valence-corrected chi connectivity index (χ3v) is 2.54. The lowest BCUT2D eigenvalue weighted by atomic mass is 10.1. The molecule has 1 aromatic carbocycles. The molecule has 0 radical (unpaired) electrons. The SMILES string of the molecule is CC(C)(O)C(=O)Nc1ccc(Br)cc1Cl. The van der Waals surface area contributed by atoms with Gasteiger partial charge >= 0.3 is 0 Å². The molecule has 0 heterocycles. The third kappa shape index (κ3) is 3.48. The number of hydrogen-bond acceptors (Lipinski definition) is 2. The Morgan fingerprint density at radius 2 is 2.13 bits per heavy atom. The topological polar surface area (TPSA) is 49.3 Å². The highest BCUT2D eigenvalue weighted by Crippen LogP contribution is 2.26. The van der Waals surface area contributed by atoms with E-state index in [0.717, 1.165) is 4.47 Å². The third-order valence-electron chi connectivity index (χ3n) is 1.74. The summed E-state index contributed by atoms with van der Waals surface area (Å²) in [5, 5.41) is 12.4. The molecule has 1 amide bonds. The van der Waals surface area contributed by atoms with Crippen LogP contribution in [-0.2, 0) is 4.79 Å². The van der Waals surface area contributed by atoms with Crippen LogP contribution in [0, 0.1) is 0 Å². The lowest BCUT2D eigenvalue weighted by Crippen LogP contribution is -2.36. The van der Waals surface area contributed by atoms with E-state index in [1.165, 1.54) is 13.8 Å². The highest BCUT2D eigenvalue weighted by atomic mass is 79.9. The van der Waals surface area contributed by atoms with Crippen LogP contribution in [0.5, 0.6) is 0 Å². The number of halogens is 2. The van der Waals surface area contributed by atoms with Crippen LogP contribution in [0.4, 0.5) is 5.69 Å². The summed E-state index contributed by atoms with van der Waals surface area (Å²) in [7, 11) is 0. The average molecular weight is 293 g/mol. The van der Waals surface area contributed by atoms with Crippen LogP contribution in [0.3, 0.4) is 0 Å². The number of benzene rings is 1.